The van der Waals surface area contributed by atoms with Gasteiger partial charge in [0.15, 0.2) is 0 Å². The number of hydrogen-bond donors (Lipinski definition) is 1. The first-order chi connectivity index (χ1) is 9.30. The number of nitrogens with zero attached hydrogens (tertiary/aromatic N) is 2. The lowest BCUT2D eigenvalue weighted by Crippen LogP contribution is -2.29. The fourth-order valence-electron chi connectivity index (χ4n) is 2.75. The predicted molar refractivity (Wildman–Crippen MR) is 81.1 cm³/mol. The second-order valence-corrected chi connectivity index (χ2v) is 6.63. The smallest absolute Gasteiger partial charge is 0.125 e. The van der Waals surface area contributed by atoms with E-state index < -0.39 is 0 Å². The quantitative estimate of drug-likeness (QED) is 0.929. The van der Waals surface area contributed by atoms with Crippen LogP contribution in [0.5, 0.6) is 0 Å². The van der Waals surface area contributed by atoms with Crippen molar-refractivity contribution in [3.63, 3.8) is 0 Å². The Hall–Kier alpha value is -1.42. The minimum Gasteiger partial charge on any atom is -0.328 e. The maximum Gasteiger partial charge on any atom is 0.125 e. The normalized spacial score (nSPS) is 13.9. The molecule has 0 saturated heterocycles. The number of benzene rings is 1. The molecule has 0 aliphatic rings. The van der Waals surface area contributed by atoms with E-state index >= 15 is 0 Å². The molecule has 0 aliphatic carbocycles. The molecule has 4 heteroatoms. The van der Waals surface area contributed by atoms with Gasteiger partial charge >= 0.3 is 0 Å². The van der Waals surface area contributed by atoms with Gasteiger partial charge in [0.05, 0.1) is 11.0 Å². The van der Waals surface area contributed by atoms with Crippen molar-refractivity contribution >= 4 is 11.0 Å². The van der Waals surface area contributed by atoms with Gasteiger partial charge in [0, 0.05) is 25.1 Å². The first-order valence-corrected chi connectivity index (χ1v) is 7.20. The highest BCUT2D eigenvalue weighted by molar-refractivity contribution is 5.76. The molecule has 0 amide bonds. The molecule has 0 fully saturated rings. The molecule has 1 heterocycles. The van der Waals surface area contributed by atoms with Crippen LogP contribution in [0, 0.1) is 11.2 Å². The van der Waals surface area contributed by atoms with Crippen molar-refractivity contribution in [2.75, 3.05) is 0 Å². The van der Waals surface area contributed by atoms with Crippen LogP contribution in [0.4, 0.5) is 4.39 Å². The lowest BCUT2D eigenvalue weighted by molar-refractivity contribution is 0.335. The fourth-order valence-corrected chi connectivity index (χ4v) is 2.75. The van der Waals surface area contributed by atoms with Gasteiger partial charge in [0.2, 0.25) is 0 Å². The van der Waals surface area contributed by atoms with Crippen LogP contribution in [-0.4, -0.2) is 15.6 Å². The van der Waals surface area contributed by atoms with Gasteiger partial charge in [-0.1, -0.05) is 20.8 Å². The Morgan fingerprint density at radius 3 is 2.65 bits per heavy atom. The first-order valence-electron chi connectivity index (χ1n) is 7.20. The summed E-state index contributed by atoms with van der Waals surface area (Å²) in [7, 11) is 0. The van der Waals surface area contributed by atoms with E-state index in [1.165, 1.54) is 12.1 Å². The van der Waals surface area contributed by atoms with Crippen molar-refractivity contribution in [3.8, 4) is 0 Å². The van der Waals surface area contributed by atoms with Gasteiger partial charge in [-0.2, -0.15) is 0 Å². The molecule has 0 saturated carbocycles. The maximum absolute atomic E-state index is 13.3. The number of fused-ring (bicyclic) bond motifs is 1. The van der Waals surface area contributed by atoms with Crippen LogP contribution in [0.3, 0.4) is 0 Å². The third-order valence-electron chi connectivity index (χ3n) is 3.42. The Balaban J connectivity index is 2.29. The third-order valence-corrected chi connectivity index (χ3v) is 3.42. The molecule has 0 bridgehead atoms. The second-order valence-electron chi connectivity index (χ2n) is 6.63. The summed E-state index contributed by atoms with van der Waals surface area (Å²) in [6.45, 7) is 9.45. The van der Waals surface area contributed by atoms with E-state index in [1.807, 2.05) is 0 Å². The van der Waals surface area contributed by atoms with Crippen molar-refractivity contribution in [1.29, 1.82) is 0 Å². The monoisotopic (exact) mass is 277 g/mol. The molecule has 20 heavy (non-hydrogen) atoms. The molecule has 2 aromatic rings. The molecule has 1 aromatic carbocycles. The van der Waals surface area contributed by atoms with Gasteiger partial charge in [0.25, 0.3) is 0 Å². The summed E-state index contributed by atoms with van der Waals surface area (Å²) in [6.07, 6.45) is 1.66. The molecule has 1 aromatic heterocycles. The average Bonchev–Trinajstić information content (AvgIpc) is 2.62. The predicted octanol–water partition coefficient (Wildman–Crippen LogP) is 3.50. The Labute approximate surface area is 120 Å². The summed E-state index contributed by atoms with van der Waals surface area (Å²) < 4.78 is 15.4. The number of nitrogens with two attached hydrogens (primary N) is 1. The Morgan fingerprint density at radius 2 is 2.05 bits per heavy atom. The minimum atomic E-state index is -0.246. The number of hydrogen-bond acceptors (Lipinski definition) is 2. The zero-order valence-corrected chi connectivity index (χ0v) is 12.8. The molecule has 2 rings (SSSR count). The van der Waals surface area contributed by atoms with Crippen LogP contribution in [0.2, 0.25) is 0 Å². The molecule has 0 spiro atoms. The highest BCUT2D eigenvalue weighted by Crippen LogP contribution is 2.23. The van der Waals surface area contributed by atoms with Gasteiger partial charge in [-0.25, -0.2) is 9.37 Å². The van der Waals surface area contributed by atoms with E-state index in [0.29, 0.717) is 5.52 Å². The lowest BCUT2D eigenvalue weighted by Gasteiger charge is -2.23. The lowest BCUT2D eigenvalue weighted by atomic mass is 9.87. The zero-order valence-electron chi connectivity index (χ0n) is 12.8. The van der Waals surface area contributed by atoms with Crippen molar-refractivity contribution in [2.45, 2.75) is 53.1 Å². The maximum atomic E-state index is 13.3. The topological polar surface area (TPSA) is 43.8 Å². The molecule has 110 valence electrons. The third kappa shape index (κ3) is 3.37. The number of aryl methyl sites for hydroxylation is 1. The van der Waals surface area contributed by atoms with Crippen molar-refractivity contribution in [1.82, 2.24) is 9.55 Å². The summed E-state index contributed by atoms with van der Waals surface area (Å²) in [6, 6.07) is 4.83. The van der Waals surface area contributed by atoms with Gasteiger partial charge in [-0.3, -0.25) is 0 Å². The molecule has 1 unspecified atom stereocenters. The molecule has 0 aliphatic heterocycles. The molecule has 3 nitrogen and oxygen atoms in total. The highest BCUT2D eigenvalue weighted by atomic mass is 19.1. The second kappa shape index (κ2) is 5.52. The van der Waals surface area contributed by atoms with Crippen LogP contribution in [0.15, 0.2) is 18.2 Å². The largest absolute Gasteiger partial charge is 0.328 e. The highest BCUT2D eigenvalue weighted by Gasteiger charge is 2.19. The molecule has 2 N–H and O–H groups in total. The van der Waals surface area contributed by atoms with E-state index in [2.05, 4.69) is 37.2 Å². The van der Waals surface area contributed by atoms with E-state index in [9.17, 15) is 4.39 Å². The van der Waals surface area contributed by atoms with Crippen LogP contribution >= 0.6 is 0 Å². The number of rotatable bonds is 4. The van der Waals surface area contributed by atoms with Crippen molar-refractivity contribution < 1.29 is 4.39 Å². The van der Waals surface area contributed by atoms with Crippen LogP contribution in [-0.2, 0) is 13.0 Å². The van der Waals surface area contributed by atoms with Crippen molar-refractivity contribution in [3.05, 3.63) is 29.8 Å². The molecular formula is C16H24FN3. The van der Waals surface area contributed by atoms with Crippen LogP contribution < -0.4 is 5.73 Å². The zero-order chi connectivity index (χ0) is 14.9. The number of imidazole rings is 1. The minimum absolute atomic E-state index is 0.0713. The molecule has 0 radical (unpaired) electrons. The SMILES string of the molecule is CCn1c(CC(N)CC(C)(C)C)nc2cc(F)ccc21. The Morgan fingerprint density at radius 1 is 1.35 bits per heavy atom. The fraction of sp³-hybridized carbons (Fsp3) is 0.562. The van der Waals surface area contributed by atoms with Gasteiger partial charge in [0.1, 0.15) is 11.6 Å². The Bertz CT molecular complexity index is 596. The van der Waals surface area contributed by atoms with E-state index in [1.54, 1.807) is 6.07 Å². The Kier molecular flexibility index (Phi) is 4.14. The summed E-state index contributed by atoms with van der Waals surface area (Å²) in [4.78, 5) is 4.56. The molecule has 1 atom stereocenters. The van der Waals surface area contributed by atoms with Crippen molar-refractivity contribution in [2.24, 2.45) is 11.1 Å². The molecular weight excluding hydrogens is 253 g/mol. The number of halogens is 1. The summed E-state index contributed by atoms with van der Waals surface area (Å²) in [5.74, 6) is 0.702. The summed E-state index contributed by atoms with van der Waals surface area (Å²) in [5.41, 5.74) is 8.13. The summed E-state index contributed by atoms with van der Waals surface area (Å²) in [5, 5.41) is 0. The van der Waals surface area contributed by atoms with Gasteiger partial charge in [-0.05, 0) is 30.9 Å². The van der Waals surface area contributed by atoms with Gasteiger partial charge < -0.3 is 10.3 Å². The van der Waals surface area contributed by atoms with E-state index in [4.69, 9.17) is 5.73 Å². The van der Waals surface area contributed by atoms with E-state index in [-0.39, 0.29) is 17.3 Å². The number of aromatic nitrogens is 2. The van der Waals surface area contributed by atoms with Crippen LogP contribution in [0.25, 0.3) is 11.0 Å². The standard InChI is InChI=1S/C16H24FN3/c1-5-20-14-7-6-11(17)8-13(14)19-15(20)9-12(18)10-16(2,3)4/h6-8,12H,5,9-10,18H2,1-4H3. The van der Waals surface area contributed by atoms with E-state index in [0.717, 1.165) is 30.7 Å². The average molecular weight is 277 g/mol. The van der Waals surface area contributed by atoms with Gasteiger partial charge in [-0.15, -0.1) is 0 Å². The first kappa shape index (κ1) is 15.0. The summed E-state index contributed by atoms with van der Waals surface area (Å²) >= 11 is 0. The van der Waals surface area contributed by atoms with Crippen LogP contribution in [0.1, 0.15) is 39.9 Å².